The summed E-state index contributed by atoms with van der Waals surface area (Å²) < 4.78 is 16.9. The molecule has 10 heteroatoms. The van der Waals surface area contributed by atoms with Crippen molar-refractivity contribution in [2.24, 2.45) is 5.92 Å². The van der Waals surface area contributed by atoms with E-state index in [1.807, 2.05) is 11.0 Å². The molecule has 0 radical (unpaired) electrons. The molecular formula is C23H30N6O4. The number of hydrogen-bond donors (Lipinski definition) is 1. The Morgan fingerprint density at radius 2 is 2.00 bits per heavy atom. The van der Waals surface area contributed by atoms with Crippen molar-refractivity contribution in [2.75, 3.05) is 50.6 Å². The first-order valence-corrected chi connectivity index (χ1v) is 11.5. The number of hydrogen-bond acceptors (Lipinski definition) is 9. The number of nitrogen functional groups attached to an aromatic ring is 1. The van der Waals surface area contributed by atoms with Crippen LogP contribution in [-0.2, 0) is 22.5 Å². The highest BCUT2D eigenvalue weighted by atomic mass is 16.5. The zero-order valence-electron chi connectivity index (χ0n) is 18.9. The van der Waals surface area contributed by atoms with Crippen molar-refractivity contribution in [3.63, 3.8) is 0 Å². The van der Waals surface area contributed by atoms with Crippen LogP contribution in [0, 0.1) is 5.92 Å². The van der Waals surface area contributed by atoms with Crippen molar-refractivity contribution in [3.05, 3.63) is 29.8 Å². The van der Waals surface area contributed by atoms with E-state index in [9.17, 15) is 4.79 Å². The summed E-state index contributed by atoms with van der Waals surface area (Å²) >= 11 is 0. The van der Waals surface area contributed by atoms with E-state index < -0.39 is 0 Å². The fourth-order valence-corrected chi connectivity index (χ4v) is 4.82. The molecule has 0 bridgehead atoms. The molecule has 2 N–H and O–H groups in total. The van der Waals surface area contributed by atoms with Crippen LogP contribution in [-0.4, -0.2) is 71.8 Å². The van der Waals surface area contributed by atoms with Crippen LogP contribution in [0.2, 0.25) is 0 Å². The highest BCUT2D eigenvalue weighted by Crippen LogP contribution is 2.32. The maximum Gasteiger partial charge on any atom is 0.236 e. The lowest BCUT2D eigenvalue weighted by molar-refractivity contribution is -0.137. The molecule has 0 saturated carbocycles. The van der Waals surface area contributed by atoms with Crippen LogP contribution in [0.15, 0.2) is 18.6 Å². The first-order valence-electron chi connectivity index (χ1n) is 11.5. The van der Waals surface area contributed by atoms with Crippen LogP contribution in [0.1, 0.15) is 30.5 Å². The van der Waals surface area contributed by atoms with E-state index in [1.165, 1.54) is 0 Å². The third kappa shape index (κ3) is 4.52. The van der Waals surface area contributed by atoms with Gasteiger partial charge >= 0.3 is 0 Å². The largest absolute Gasteiger partial charge is 0.480 e. The lowest BCUT2D eigenvalue weighted by Crippen LogP contribution is -2.38. The zero-order valence-corrected chi connectivity index (χ0v) is 18.9. The van der Waals surface area contributed by atoms with Gasteiger partial charge in [0.1, 0.15) is 12.4 Å². The Kier molecular flexibility index (Phi) is 6.17. The molecule has 3 aliphatic rings. The molecule has 1 amide bonds. The Labute approximate surface area is 193 Å². The van der Waals surface area contributed by atoms with Crippen LogP contribution in [0.3, 0.4) is 0 Å². The quantitative estimate of drug-likeness (QED) is 0.716. The van der Waals surface area contributed by atoms with E-state index in [2.05, 4.69) is 19.9 Å². The number of carbonyl (C=O) groups excluding carboxylic acids is 1. The summed E-state index contributed by atoms with van der Waals surface area (Å²) in [6.45, 7) is 4.06. The van der Waals surface area contributed by atoms with Gasteiger partial charge in [0.15, 0.2) is 0 Å². The monoisotopic (exact) mass is 454 g/mol. The predicted octanol–water partition coefficient (Wildman–Crippen LogP) is 1.43. The molecule has 2 aromatic heterocycles. The summed E-state index contributed by atoms with van der Waals surface area (Å²) in [7, 11) is 1.55. The molecule has 3 aliphatic heterocycles. The summed E-state index contributed by atoms with van der Waals surface area (Å²) in [6.07, 6.45) is 6.45. The lowest BCUT2D eigenvalue weighted by atomic mass is 9.99. The molecule has 0 spiro atoms. The van der Waals surface area contributed by atoms with Gasteiger partial charge in [-0.1, -0.05) is 0 Å². The third-order valence-electron chi connectivity index (χ3n) is 6.69. The van der Waals surface area contributed by atoms with Crippen LogP contribution < -0.4 is 20.1 Å². The van der Waals surface area contributed by atoms with Crippen molar-refractivity contribution in [1.29, 1.82) is 0 Å². The average molecular weight is 455 g/mol. The first-order chi connectivity index (χ1) is 16.1. The van der Waals surface area contributed by atoms with Crippen LogP contribution in [0.25, 0.3) is 0 Å². The average Bonchev–Trinajstić information content (AvgIpc) is 3.32. The number of ether oxygens (including phenoxy) is 3. The van der Waals surface area contributed by atoms with Gasteiger partial charge in [0.05, 0.1) is 49.0 Å². The second-order valence-electron chi connectivity index (χ2n) is 8.77. The number of anilines is 2. The van der Waals surface area contributed by atoms with Crippen molar-refractivity contribution in [2.45, 2.75) is 38.3 Å². The van der Waals surface area contributed by atoms with Crippen LogP contribution in [0.4, 0.5) is 11.4 Å². The minimum atomic E-state index is -0.0681. The topological polar surface area (TPSA) is 116 Å². The zero-order chi connectivity index (χ0) is 22.8. The molecule has 10 nitrogen and oxygen atoms in total. The molecule has 0 aliphatic carbocycles. The summed E-state index contributed by atoms with van der Waals surface area (Å²) in [5, 5.41) is 0. The smallest absolute Gasteiger partial charge is 0.236 e. The minimum absolute atomic E-state index is 0.0681. The van der Waals surface area contributed by atoms with E-state index in [1.54, 1.807) is 19.6 Å². The van der Waals surface area contributed by atoms with Gasteiger partial charge in [0.25, 0.3) is 0 Å². The molecule has 5 rings (SSSR count). The second kappa shape index (κ2) is 9.38. The Morgan fingerprint density at radius 1 is 1.15 bits per heavy atom. The molecule has 2 saturated heterocycles. The third-order valence-corrected chi connectivity index (χ3v) is 6.69. The van der Waals surface area contributed by atoms with E-state index in [-0.39, 0.29) is 17.9 Å². The Hall–Kier alpha value is -3.14. The van der Waals surface area contributed by atoms with E-state index in [4.69, 9.17) is 19.9 Å². The van der Waals surface area contributed by atoms with Gasteiger partial charge in [-0.05, 0) is 18.9 Å². The molecule has 33 heavy (non-hydrogen) atoms. The van der Waals surface area contributed by atoms with Crippen molar-refractivity contribution >= 4 is 17.3 Å². The summed E-state index contributed by atoms with van der Waals surface area (Å²) in [6, 6.07) is 1.87. The molecule has 5 heterocycles. The van der Waals surface area contributed by atoms with Gasteiger partial charge in [-0.3, -0.25) is 4.79 Å². The Balaban J connectivity index is 1.27. The minimum Gasteiger partial charge on any atom is -0.480 e. The fourth-order valence-electron chi connectivity index (χ4n) is 4.82. The molecule has 2 aromatic rings. The van der Waals surface area contributed by atoms with Gasteiger partial charge < -0.3 is 29.7 Å². The molecule has 1 atom stereocenters. The van der Waals surface area contributed by atoms with Crippen LogP contribution in [0.5, 0.6) is 11.8 Å². The van der Waals surface area contributed by atoms with Crippen molar-refractivity contribution in [3.8, 4) is 11.8 Å². The second-order valence-corrected chi connectivity index (χ2v) is 8.77. The molecule has 176 valence electrons. The number of likely N-dealkylation sites (tertiary alicyclic amines) is 1. The van der Waals surface area contributed by atoms with E-state index >= 15 is 0 Å². The van der Waals surface area contributed by atoms with Gasteiger partial charge in [-0.25, -0.2) is 15.0 Å². The number of rotatable bonds is 5. The van der Waals surface area contributed by atoms with Crippen molar-refractivity contribution < 1.29 is 19.0 Å². The van der Waals surface area contributed by atoms with Crippen molar-refractivity contribution in [1.82, 2.24) is 19.9 Å². The van der Waals surface area contributed by atoms with Crippen LogP contribution >= 0.6 is 0 Å². The van der Waals surface area contributed by atoms with E-state index in [0.29, 0.717) is 43.8 Å². The SMILES string of the molecule is COc1ncc(N2CCc3ncnc(O[C@H]4CCN(C(=O)C5CCOCC5)C4)c3C2)cc1N. The maximum absolute atomic E-state index is 12.9. The number of nitrogens with two attached hydrogens (primary N) is 1. The number of nitrogens with zero attached hydrogens (tertiary/aromatic N) is 5. The fraction of sp³-hybridized carbons (Fsp3) is 0.565. The summed E-state index contributed by atoms with van der Waals surface area (Å²) in [4.78, 5) is 30.2. The van der Waals surface area contributed by atoms with Gasteiger partial charge in [-0.2, -0.15) is 0 Å². The number of fused-ring (bicyclic) bond motifs is 1. The summed E-state index contributed by atoms with van der Waals surface area (Å²) in [5.74, 6) is 1.32. The molecule has 2 fully saturated rings. The lowest BCUT2D eigenvalue weighted by Gasteiger charge is -2.31. The standard InChI is InChI=1S/C23H30N6O4/c1-31-22-19(24)10-16(11-25-22)28-7-3-20-18(13-28)21(27-14-26-20)33-17-2-6-29(12-17)23(30)15-4-8-32-9-5-15/h10-11,14-15,17H,2-9,12-13,24H2,1H3/t17-/m0/s1. The van der Waals surface area contributed by atoms with Gasteiger partial charge in [0, 0.05) is 45.1 Å². The number of carbonyl (C=O) groups is 1. The molecular weight excluding hydrogens is 424 g/mol. The number of amides is 1. The highest BCUT2D eigenvalue weighted by molar-refractivity contribution is 5.79. The maximum atomic E-state index is 12.9. The summed E-state index contributed by atoms with van der Waals surface area (Å²) in [5.41, 5.74) is 9.46. The molecule has 0 aromatic carbocycles. The number of pyridine rings is 1. The van der Waals surface area contributed by atoms with Gasteiger partial charge in [0.2, 0.25) is 17.7 Å². The van der Waals surface area contributed by atoms with Gasteiger partial charge in [-0.15, -0.1) is 0 Å². The molecule has 0 unspecified atom stereocenters. The first kappa shape index (κ1) is 21.7. The highest BCUT2D eigenvalue weighted by Gasteiger charge is 2.33. The predicted molar refractivity (Wildman–Crippen MR) is 121 cm³/mol. The number of methoxy groups -OCH3 is 1. The number of aromatic nitrogens is 3. The normalized spacial score (nSPS) is 21.1. The Morgan fingerprint density at radius 3 is 2.79 bits per heavy atom. The van der Waals surface area contributed by atoms with E-state index in [0.717, 1.165) is 55.7 Å². The Bertz CT molecular complexity index is 1010.